The normalized spacial score (nSPS) is 12.6. The Labute approximate surface area is 102 Å². The Bertz CT molecular complexity index is 463. The molecule has 0 aliphatic heterocycles. The van der Waals surface area contributed by atoms with Crippen molar-refractivity contribution in [2.24, 2.45) is 0 Å². The van der Waals surface area contributed by atoms with Crippen molar-refractivity contribution in [2.75, 3.05) is 19.8 Å². The monoisotopic (exact) mass is 227 g/mol. The van der Waals surface area contributed by atoms with Gasteiger partial charge < -0.3 is 5.73 Å². The van der Waals surface area contributed by atoms with E-state index in [2.05, 4.69) is 36.1 Å². The highest BCUT2D eigenvalue weighted by molar-refractivity contribution is 5.42. The Balaban J connectivity index is 2.39. The number of rotatable bonds is 3. The van der Waals surface area contributed by atoms with Crippen LogP contribution < -0.4 is 5.73 Å². The van der Waals surface area contributed by atoms with E-state index in [9.17, 15) is 0 Å². The van der Waals surface area contributed by atoms with Gasteiger partial charge in [-0.15, -0.1) is 0 Å². The summed E-state index contributed by atoms with van der Waals surface area (Å²) in [4.78, 5) is 6.24. The van der Waals surface area contributed by atoms with E-state index in [0.717, 1.165) is 5.69 Å². The summed E-state index contributed by atoms with van der Waals surface area (Å²) in [5.41, 5.74) is 8.97. The van der Waals surface area contributed by atoms with Gasteiger partial charge in [0, 0.05) is 18.1 Å². The van der Waals surface area contributed by atoms with E-state index in [1.54, 1.807) is 0 Å². The number of nitrogens with zero attached hydrogens (tertiary/aromatic N) is 2. The van der Waals surface area contributed by atoms with Crippen molar-refractivity contribution in [3.05, 3.63) is 59.9 Å². The van der Waals surface area contributed by atoms with Gasteiger partial charge in [-0.2, -0.15) is 0 Å². The third-order valence-corrected chi connectivity index (χ3v) is 2.79. The molecule has 17 heavy (non-hydrogen) atoms. The summed E-state index contributed by atoms with van der Waals surface area (Å²) in [6.07, 6.45) is 3.65. The molecule has 88 valence electrons. The van der Waals surface area contributed by atoms with Crippen LogP contribution in [0.2, 0.25) is 0 Å². The van der Waals surface area contributed by atoms with Crippen LogP contribution in [0.15, 0.2) is 48.8 Å². The van der Waals surface area contributed by atoms with Gasteiger partial charge in [0.25, 0.3) is 0 Å². The van der Waals surface area contributed by atoms with Gasteiger partial charge in [0.2, 0.25) is 0 Å². The second-order valence-corrected chi connectivity index (χ2v) is 4.31. The molecule has 2 rings (SSSR count). The molecule has 2 N–H and O–H groups in total. The van der Waals surface area contributed by atoms with E-state index in [0.29, 0.717) is 0 Å². The van der Waals surface area contributed by atoms with Crippen LogP contribution in [0.1, 0.15) is 17.2 Å². The lowest BCUT2D eigenvalue weighted by atomic mass is 9.98. The van der Waals surface area contributed by atoms with Crippen LogP contribution in [0.3, 0.4) is 0 Å². The van der Waals surface area contributed by atoms with Crippen molar-refractivity contribution in [3.63, 3.8) is 0 Å². The van der Waals surface area contributed by atoms with Gasteiger partial charge in [-0.3, -0.25) is 9.88 Å². The van der Waals surface area contributed by atoms with Crippen LogP contribution in [0.5, 0.6) is 0 Å². The van der Waals surface area contributed by atoms with Crippen LogP contribution >= 0.6 is 0 Å². The zero-order chi connectivity index (χ0) is 12.3. The Hall–Kier alpha value is -1.87. The van der Waals surface area contributed by atoms with Crippen molar-refractivity contribution in [2.45, 2.75) is 6.04 Å². The van der Waals surface area contributed by atoms with Crippen LogP contribution in [0.4, 0.5) is 5.69 Å². The van der Waals surface area contributed by atoms with Crippen molar-refractivity contribution in [1.29, 1.82) is 0 Å². The minimum Gasteiger partial charge on any atom is -0.399 e. The summed E-state index contributed by atoms with van der Waals surface area (Å²) in [7, 11) is 4.14. The van der Waals surface area contributed by atoms with Gasteiger partial charge in [0.15, 0.2) is 0 Å². The van der Waals surface area contributed by atoms with Gasteiger partial charge >= 0.3 is 0 Å². The van der Waals surface area contributed by atoms with Crippen LogP contribution in [0.25, 0.3) is 0 Å². The molecule has 0 amide bonds. The average Bonchev–Trinajstić information content (AvgIpc) is 2.33. The zero-order valence-corrected chi connectivity index (χ0v) is 10.2. The van der Waals surface area contributed by atoms with E-state index >= 15 is 0 Å². The highest BCUT2D eigenvalue weighted by atomic mass is 15.1. The number of nitrogens with two attached hydrogens (primary N) is 1. The van der Waals surface area contributed by atoms with Gasteiger partial charge in [0.05, 0.1) is 6.04 Å². The molecule has 3 nitrogen and oxygen atoms in total. The van der Waals surface area contributed by atoms with Gasteiger partial charge in [-0.1, -0.05) is 12.1 Å². The molecule has 1 heterocycles. The topological polar surface area (TPSA) is 42.2 Å². The molecule has 3 heteroatoms. The predicted molar refractivity (Wildman–Crippen MR) is 70.6 cm³/mol. The maximum atomic E-state index is 5.72. The van der Waals surface area contributed by atoms with Crippen molar-refractivity contribution >= 4 is 5.69 Å². The van der Waals surface area contributed by atoms with Crippen molar-refractivity contribution in [1.82, 2.24) is 9.88 Å². The first-order chi connectivity index (χ1) is 8.18. The lowest BCUT2D eigenvalue weighted by molar-refractivity contribution is 0.342. The smallest absolute Gasteiger partial charge is 0.0597 e. The zero-order valence-electron chi connectivity index (χ0n) is 10.2. The molecule has 1 aromatic heterocycles. The summed E-state index contributed by atoms with van der Waals surface area (Å²) < 4.78 is 0. The molecule has 1 aromatic carbocycles. The van der Waals surface area contributed by atoms with Crippen molar-refractivity contribution in [3.8, 4) is 0 Å². The standard InChI is InChI=1S/C14H17N3/c1-17(2)14(12-7-9-16-10-8-12)11-3-5-13(15)6-4-11/h3-10,14H,15H2,1-2H3. The molecule has 0 aliphatic rings. The molecule has 1 unspecified atom stereocenters. The largest absolute Gasteiger partial charge is 0.399 e. The number of pyridine rings is 1. The fraction of sp³-hybridized carbons (Fsp3) is 0.214. The fourth-order valence-electron chi connectivity index (χ4n) is 2.01. The molecular formula is C14H17N3. The fourth-order valence-corrected chi connectivity index (χ4v) is 2.01. The van der Waals surface area contributed by atoms with Gasteiger partial charge in [-0.25, -0.2) is 0 Å². The third-order valence-electron chi connectivity index (χ3n) is 2.79. The Morgan fingerprint density at radius 1 is 0.941 bits per heavy atom. The Kier molecular flexibility index (Phi) is 3.40. The summed E-state index contributed by atoms with van der Waals surface area (Å²) in [6, 6.07) is 12.3. The maximum absolute atomic E-state index is 5.72. The number of anilines is 1. The molecule has 0 spiro atoms. The van der Waals surface area contributed by atoms with Crippen LogP contribution in [0, 0.1) is 0 Å². The molecule has 1 atom stereocenters. The van der Waals surface area contributed by atoms with E-state index < -0.39 is 0 Å². The Morgan fingerprint density at radius 2 is 1.47 bits per heavy atom. The molecule has 2 aromatic rings. The molecule has 0 fully saturated rings. The van der Waals surface area contributed by atoms with E-state index in [4.69, 9.17) is 5.73 Å². The third kappa shape index (κ3) is 2.63. The minimum absolute atomic E-state index is 0.235. The molecule has 0 saturated carbocycles. The van der Waals surface area contributed by atoms with E-state index in [-0.39, 0.29) is 6.04 Å². The highest BCUT2D eigenvalue weighted by Crippen LogP contribution is 2.26. The Morgan fingerprint density at radius 3 is 2.00 bits per heavy atom. The highest BCUT2D eigenvalue weighted by Gasteiger charge is 2.15. The van der Waals surface area contributed by atoms with Gasteiger partial charge in [0.1, 0.15) is 0 Å². The number of nitrogen functional groups attached to an aromatic ring is 1. The quantitative estimate of drug-likeness (QED) is 0.818. The van der Waals surface area contributed by atoms with Crippen molar-refractivity contribution < 1.29 is 0 Å². The SMILES string of the molecule is CN(C)C(c1ccncc1)c1ccc(N)cc1. The number of hydrogen-bond acceptors (Lipinski definition) is 3. The van der Waals surface area contributed by atoms with E-state index in [1.165, 1.54) is 11.1 Å². The first kappa shape index (κ1) is 11.6. The first-order valence-electron chi connectivity index (χ1n) is 5.60. The second-order valence-electron chi connectivity index (χ2n) is 4.31. The van der Waals surface area contributed by atoms with Gasteiger partial charge in [-0.05, 0) is 49.5 Å². The predicted octanol–water partition coefficient (Wildman–Crippen LogP) is 2.31. The number of benzene rings is 1. The number of hydrogen-bond donors (Lipinski definition) is 1. The summed E-state index contributed by atoms with van der Waals surface area (Å²) >= 11 is 0. The summed E-state index contributed by atoms with van der Waals surface area (Å²) in [6.45, 7) is 0. The summed E-state index contributed by atoms with van der Waals surface area (Å²) in [5.74, 6) is 0. The molecule has 0 aliphatic carbocycles. The minimum atomic E-state index is 0.235. The molecule has 0 bridgehead atoms. The van der Waals surface area contributed by atoms with Crippen LogP contribution in [-0.2, 0) is 0 Å². The number of aromatic nitrogens is 1. The lowest BCUT2D eigenvalue weighted by Gasteiger charge is -2.25. The second kappa shape index (κ2) is 4.97. The van der Waals surface area contributed by atoms with E-state index in [1.807, 2.05) is 36.7 Å². The lowest BCUT2D eigenvalue weighted by Crippen LogP contribution is -2.21. The molecule has 0 radical (unpaired) electrons. The summed E-state index contributed by atoms with van der Waals surface area (Å²) in [5, 5.41) is 0. The first-order valence-corrected chi connectivity index (χ1v) is 5.60. The van der Waals surface area contributed by atoms with Crippen LogP contribution in [-0.4, -0.2) is 24.0 Å². The maximum Gasteiger partial charge on any atom is 0.0597 e. The molecule has 0 saturated heterocycles. The average molecular weight is 227 g/mol. The molecular weight excluding hydrogens is 210 g/mol.